The molecule has 1 saturated heterocycles. The van der Waals surface area contributed by atoms with Gasteiger partial charge in [-0.2, -0.15) is 4.98 Å². The van der Waals surface area contributed by atoms with Crippen molar-refractivity contribution in [3.8, 4) is 5.88 Å². The Hall–Kier alpha value is -4.05. The Kier molecular flexibility index (Phi) is 6.92. The lowest BCUT2D eigenvalue weighted by Gasteiger charge is -2.27. The van der Waals surface area contributed by atoms with Gasteiger partial charge < -0.3 is 18.9 Å². The van der Waals surface area contributed by atoms with E-state index in [9.17, 15) is 14.4 Å². The molecule has 0 amide bonds. The number of halogens is 1. The SMILES string of the molecule is COc1ccn(C2OC(COC(=O)c3ccccc3)C(OC(=O)c3ccccc3)C2(C)F)c(=O)n1. The molecule has 0 radical (unpaired) electrons. The summed E-state index contributed by atoms with van der Waals surface area (Å²) < 4.78 is 38.7. The summed E-state index contributed by atoms with van der Waals surface area (Å²) in [7, 11) is 1.34. The zero-order chi connectivity index (χ0) is 25.0. The van der Waals surface area contributed by atoms with Crippen LogP contribution in [-0.4, -0.2) is 53.1 Å². The van der Waals surface area contributed by atoms with Crippen LogP contribution < -0.4 is 10.4 Å². The van der Waals surface area contributed by atoms with Crippen molar-refractivity contribution >= 4 is 11.9 Å². The molecular weight excluding hydrogens is 459 g/mol. The number of methoxy groups -OCH3 is 1. The molecule has 4 rings (SSSR count). The van der Waals surface area contributed by atoms with Gasteiger partial charge in [-0.15, -0.1) is 0 Å². The second kappa shape index (κ2) is 10.1. The quantitative estimate of drug-likeness (QED) is 0.474. The zero-order valence-corrected chi connectivity index (χ0v) is 19.0. The zero-order valence-electron chi connectivity index (χ0n) is 19.0. The molecule has 0 N–H and O–H groups in total. The van der Waals surface area contributed by atoms with Gasteiger partial charge in [0.25, 0.3) is 0 Å². The monoisotopic (exact) mass is 482 g/mol. The van der Waals surface area contributed by atoms with Crippen LogP contribution in [-0.2, 0) is 14.2 Å². The summed E-state index contributed by atoms with van der Waals surface area (Å²) in [5, 5.41) is 0. The maximum atomic E-state index is 16.2. The summed E-state index contributed by atoms with van der Waals surface area (Å²) in [4.78, 5) is 41.4. The summed E-state index contributed by atoms with van der Waals surface area (Å²) >= 11 is 0. The highest BCUT2D eigenvalue weighted by atomic mass is 19.1. The molecule has 1 aliphatic heterocycles. The molecule has 10 heteroatoms. The molecule has 1 aromatic heterocycles. The van der Waals surface area contributed by atoms with Crippen molar-refractivity contribution in [2.45, 2.75) is 31.0 Å². The Morgan fingerprint density at radius 3 is 2.20 bits per heavy atom. The van der Waals surface area contributed by atoms with Crippen LogP contribution in [0.5, 0.6) is 5.88 Å². The summed E-state index contributed by atoms with van der Waals surface area (Å²) in [6.07, 6.45) is -2.95. The van der Waals surface area contributed by atoms with E-state index in [1.807, 2.05) is 0 Å². The Balaban J connectivity index is 1.61. The van der Waals surface area contributed by atoms with Gasteiger partial charge in [0.1, 0.15) is 12.7 Å². The summed E-state index contributed by atoms with van der Waals surface area (Å²) in [6, 6.07) is 17.6. The maximum Gasteiger partial charge on any atom is 0.353 e. The molecule has 0 aliphatic carbocycles. The third-order valence-corrected chi connectivity index (χ3v) is 5.58. The Morgan fingerprint density at radius 2 is 1.63 bits per heavy atom. The number of ether oxygens (including phenoxy) is 4. The number of aromatic nitrogens is 2. The van der Waals surface area contributed by atoms with Gasteiger partial charge in [-0.25, -0.2) is 18.8 Å². The number of nitrogens with zero attached hydrogens (tertiary/aromatic N) is 2. The number of alkyl halides is 1. The van der Waals surface area contributed by atoms with Crippen molar-refractivity contribution in [2.24, 2.45) is 0 Å². The number of hydrogen-bond donors (Lipinski definition) is 0. The van der Waals surface area contributed by atoms with E-state index < -0.39 is 48.3 Å². The fraction of sp³-hybridized carbons (Fsp3) is 0.280. The van der Waals surface area contributed by atoms with E-state index in [4.69, 9.17) is 18.9 Å². The first-order valence-electron chi connectivity index (χ1n) is 10.8. The van der Waals surface area contributed by atoms with Crippen LogP contribution in [0.15, 0.2) is 77.7 Å². The van der Waals surface area contributed by atoms with Crippen LogP contribution in [0.25, 0.3) is 0 Å². The maximum absolute atomic E-state index is 16.2. The molecule has 1 fully saturated rings. The molecular formula is C25H23FN2O7. The number of benzene rings is 2. The number of rotatable bonds is 7. The molecule has 0 saturated carbocycles. The highest BCUT2D eigenvalue weighted by Gasteiger charge is 2.58. The first-order chi connectivity index (χ1) is 16.8. The van der Waals surface area contributed by atoms with Crippen molar-refractivity contribution in [2.75, 3.05) is 13.7 Å². The fourth-order valence-corrected chi connectivity index (χ4v) is 3.79. The van der Waals surface area contributed by atoms with E-state index in [-0.39, 0.29) is 11.4 Å². The largest absolute Gasteiger partial charge is 0.481 e. The molecule has 9 nitrogen and oxygen atoms in total. The molecule has 2 heterocycles. The molecule has 182 valence electrons. The van der Waals surface area contributed by atoms with Gasteiger partial charge in [-0.05, 0) is 31.2 Å². The minimum absolute atomic E-state index is 0.0465. The Morgan fingerprint density at radius 1 is 1.03 bits per heavy atom. The van der Waals surface area contributed by atoms with Crippen LogP contribution in [0.1, 0.15) is 33.9 Å². The second-order valence-corrected chi connectivity index (χ2v) is 7.99. The highest BCUT2D eigenvalue weighted by Crippen LogP contribution is 2.43. The predicted octanol–water partition coefficient (Wildman–Crippen LogP) is 2.96. The van der Waals surface area contributed by atoms with Crippen LogP contribution in [0.4, 0.5) is 4.39 Å². The van der Waals surface area contributed by atoms with Gasteiger partial charge in [0.15, 0.2) is 18.0 Å². The second-order valence-electron chi connectivity index (χ2n) is 7.99. The number of carbonyl (C=O) groups is 2. The number of esters is 2. The molecule has 35 heavy (non-hydrogen) atoms. The molecule has 2 aromatic carbocycles. The summed E-state index contributed by atoms with van der Waals surface area (Å²) in [6.45, 7) is 0.727. The lowest BCUT2D eigenvalue weighted by Crippen LogP contribution is -2.45. The van der Waals surface area contributed by atoms with E-state index in [0.717, 1.165) is 11.5 Å². The normalized spacial score (nSPS) is 23.5. The van der Waals surface area contributed by atoms with E-state index >= 15 is 4.39 Å². The minimum Gasteiger partial charge on any atom is -0.481 e. The predicted molar refractivity (Wildman–Crippen MR) is 121 cm³/mol. The lowest BCUT2D eigenvalue weighted by atomic mass is 9.98. The van der Waals surface area contributed by atoms with Crippen molar-refractivity contribution in [1.82, 2.24) is 9.55 Å². The van der Waals surface area contributed by atoms with E-state index in [0.29, 0.717) is 5.56 Å². The Bertz CT molecular complexity index is 1250. The van der Waals surface area contributed by atoms with E-state index in [2.05, 4.69) is 4.98 Å². The third-order valence-electron chi connectivity index (χ3n) is 5.58. The van der Waals surface area contributed by atoms with Gasteiger partial charge in [0, 0.05) is 12.3 Å². The number of hydrogen-bond acceptors (Lipinski definition) is 8. The number of carbonyl (C=O) groups excluding carboxylic acids is 2. The molecule has 3 aromatic rings. The molecule has 0 bridgehead atoms. The van der Waals surface area contributed by atoms with Crippen LogP contribution >= 0.6 is 0 Å². The van der Waals surface area contributed by atoms with Crippen molar-refractivity contribution in [3.63, 3.8) is 0 Å². The van der Waals surface area contributed by atoms with Gasteiger partial charge in [-0.3, -0.25) is 4.57 Å². The highest BCUT2D eigenvalue weighted by molar-refractivity contribution is 5.90. The van der Waals surface area contributed by atoms with Crippen molar-refractivity contribution in [1.29, 1.82) is 0 Å². The third kappa shape index (κ3) is 5.07. The topological polar surface area (TPSA) is 106 Å². The smallest absolute Gasteiger partial charge is 0.353 e. The van der Waals surface area contributed by atoms with Crippen molar-refractivity contribution in [3.05, 3.63) is 94.5 Å². The Labute approximate surface area is 200 Å². The molecule has 1 aliphatic rings. The summed E-state index contributed by atoms with van der Waals surface area (Å²) in [5.74, 6) is -1.40. The van der Waals surface area contributed by atoms with Crippen LogP contribution in [0, 0.1) is 0 Å². The van der Waals surface area contributed by atoms with Gasteiger partial charge in [0.05, 0.1) is 18.2 Å². The average Bonchev–Trinajstić information content (AvgIpc) is 3.12. The fourth-order valence-electron chi connectivity index (χ4n) is 3.79. The van der Waals surface area contributed by atoms with E-state index in [1.54, 1.807) is 48.5 Å². The molecule has 4 atom stereocenters. The molecule has 4 unspecified atom stereocenters. The first-order valence-corrected chi connectivity index (χ1v) is 10.8. The minimum atomic E-state index is -2.38. The summed E-state index contributed by atoms with van der Waals surface area (Å²) in [5.41, 5.74) is -2.71. The van der Waals surface area contributed by atoms with Crippen LogP contribution in [0.3, 0.4) is 0 Å². The first kappa shape index (κ1) is 24.1. The van der Waals surface area contributed by atoms with Gasteiger partial charge in [0.2, 0.25) is 5.88 Å². The lowest BCUT2D eigenvalue weighted by molar-refractivity contribution is -0.0649. The average molecular weight is 482 g/mol. The van der Waals surface area contributed by atoms with Gasteiger partial charge >= 0.3 is 17.6 Å². The standard InChI is InChI=1S/C25H23FN2O7/c1-25(26)20(35-22(30)17-11-7-4-8-12-17)18(15-33-21(29)16-9-5-3-6-10-16)34-23(25)28-14-13-19(32-2)27-24(28)31/h3-14,18,20,23H,15H2,1-2H3. The van der Waals surface area contributed by atoms with E-state index in [1.165, 1.54) is 31.5 Å². The molecule has 0 spiro atoms. The van der Waals surface area contributed by atoms with Crippen LogP contribution in [0.2, 0.25) is 0 Å². The van der Waals surface area contributed by atoms with Gasteiger partial charge in [-0.1, -0.05) is 36.4 Å². The van der Waals surface area contributed by atoms with Crippen molar-refractivity contribution < 1.29 is 32.9 Å².